The van der Waals surface area contributed by atoms with Crippen molar-refractivity contribution in [3.8, 4) is 0 Å². The fraction of sp³-hybridized carbons (Fsp3) is 0.462. The molecule has 1 aromatic carbocycles. The molecule has 0 bridgehead atoms. The van der Waals surface area contributed by atoms with Gasteiger partial charge in [0.1, 0.15) is 0 Å². The van der Waals surface area contributed by atoms with E-state index in [0.29, 0.717) is 5.69 Å². The topological polar surface area (TPSA) is 75.3 Å². The molecule has 6 heteroatoms. The summed E-state index contributed by atoms with van der Waals surface area (Å²) in [6.45, 7) is 0.825. The van der Waals surface area contributed by atoms with E-state index >= 15 is 0 Å². The molecule has 0 spiro atoms. The second-order valence-corrected chi connectivity index (χ2v) is 6.74. The van der Waals surface area contributed by atoms with E-state index in [-0.39, 0.29) is 16.8 Å². The number of sulfone groups is 1. The molecule has 1 fully saturated rings. The van der Waals surface area contributed by atoms with Gasteiger partial charge in [-0.2, -0.15) is 0 Å². The molecule has 104 valence electrons. The normalized spacial score (nSPS) is 19.9. The Morgan fingerprint density at radius 1 is 1.32 bits per heavy atom. The highest BCUT2D eigenvalue weighted by Gasteiger charge is 2.22. The fourth-order valence-electron chi connectivity index (χ4n) is 2.19. The van der Waals surface area contributed by atoms with E-state index in [0.717, 1.165) is 32.1 Å². The molecule has 5 nitrogen and oxygen atoms in total. The summed E-state index contributed by atoms with van der Waals surface area (Å²) < 4.78 is 23.3. The predicted molar refractivity (Wildman–Crippen MR) is 73.8 cm³/mol. The van der Waals surface area contributed by atoms with Crippen LogP contribution in [0.3, 0.4) is 0 Å². The predicted octanol–water partition coefficient (Wildman–Crippen LogP) is 1.17. The number of amides is 1. The molecule has 1 heterocycles. The van der Waals surface area contributed by atoms with Gasteiger partial charge in [-0.1, -0.05) is 18.6 Å². The third-order valence-electron chi connectivity index (χ3n) is 3.17. The summed E-state index contributed by atoms with van der Waals surface area (Å²) in [5.41, 5.74) is 0.349. The van der Waals surface area contributed by atoms with Gasteiger partial charge in [-0.25, -0.2) is 8.42 Å². The second-order valence-electron chi connectivity index (χ2n) is 4.76. The first-order valence-corrected chi connectivity index (χ1v) is 8.21. The maximum atomic E-state index is 12.1. The van der Waals surface area contributed by atoms with Gasteiger partial charge in [0, 0.05) is 6.26 Å². The van der Waals surface area contributed by atoms with Crippen LogP contribution in [0.4, 0.5) is 5.69 Å². The minimum absolute atomic E-state index is 0.152. The lowest BCUT2D eigenvalue weighted by Crippen LogP contribution is -2.43. The molecular formula is C13H18N2O3S. The number of para-hydroxylation sites is 1. The molecule has 2 N–H and O–H groups in total. The van der Waals surface area contributed by atoms with Crippen LogP contribution in [0, 0.1) is 0 Å². The third-order valence-corrected chi connectivity index (χ3v) is 4.33. The maximum absolute atomic E-state index is 12.1. The first-order chi connectivity index (χ1) is 8.98. The number of rotatable bonds is 3. The van der Waals surface area contributed by atoms with E-state index < -0.39 is 9.84 Å². The average molecular weight is 282 g/mol. The molecule has 1 saturated heterocycles. The minimum atomic E-state index is -3.34. The molecular weight excluding hydrogens is 264 g/mol. The van der Waals surface area contributed by atoms with Crippen molar-refractivity contribution >= 4 is 21.4 Å². The van der Waals surface area contributed by atoms with Gasteiger partial charge < -0.3 is 10.6 Å². The first kappa shape index (κ1) is 14.0. The highest BCUT2D eigenvalue weighted by Crippen LogP contribution is 2.21. The highest BCUT2D eigenvalue weighted by molar-refractivity contribution is 7.90. The Balaban J connectivity index is 2.17. The van der Waals surface area contributed by atoms with Crippen LogP contribution in [0.5, 0.6) is 0 Å². The summed E-state index contributed by atoms with van der Waals surface area (Å²) in [6.07, 6.45) is 4.01. The lowest BCUT2D eigenvalue weighted by Gasteiger charge is -2.23. The zero-order valence-electron chi connectivity index (χ0n) is 10.8. The van der Waals surface area contributed by atoms with Crippen LogP contribution >= 0.6 is 0 Å². The number of benzene rings is 1. The van der Waals surface area contributed by atoms with Crippen LogP contribution in [-0.2, 0) is 14.6 Å². The zero-order valence-corrected chi connectivity index (χ0v) is 11.7. The summed E-state index contributed by atoms with van der Waals surface area (Å²) in [5.74, 6) is -0.171. The zero-order chi connectivity index (χ0) is 13.9. The van der Waals surface area contributed by atoms with Crippen molar-refractivity contribution in [1.29, 1.82) is 0 Å². The molecule has 0 saturated carbocycles. The molecule has 1 aliphatic rings. The molecule has 0 aliphatic carbocycles. The molecule has 2 rings (SSSR count). The summed E-state index contributed by atoms with van der Waals surface area (Å²) in [4.78, 5) is 12.2. The number of hydrogen-bond donors (Lipinski definition) is 2. The van der Waals surface area contributed by atoms with Gasteiger partial charge in [0.25, 0.3) is 0 Å². The van der Waals surface area contributed by atoms with Crippen LogP contribution in [0.2, 0.25) is 0 Å². The second kappa shape index (κ2) is 5.71. The molecule has 1 amide bonds. The van der Waals surface area contributed by atoms with Crippen LogP contribution in [0.1, 0.15) is 19.3 Å². The van der Waals surface area contributed by atoms with E-state index in [9.17, 15) is 13.2 Å². The van der Waals surface area contributed by atoms with Crippen molar-refractivity contribution in [2.75, 3.05) is 18.1 Å². The van der Waals surface area contributed by atoms with Crippen molar-refractivity contribution in [2.24, 2.45) is 0 Å². The van der Waals surface area contributed by atoms with Crippen molar-refractivity contribution in [2.45, 2.75) is 30.2 Å². The molecule has 0 aromatic heterocycles. The van der Waals surface area contributed by atoms with E-state index in [2.05, 4.69) is 10.6 Å². The highest BCUT2D eigenvalue weighted by atomic mass is 32.2. The van der Waals surface area contributed by atoms with Crippen LogP contribution in [0.25, 0.3) is 0 Å². The van der Waals surface area contributed by atoms with Gasteiger partial charge in [-0.15, -0.1) is 0 Å². The summed E-state index contributed by atoms with van der Waals surface area (Å²) in [5, 5.41) is 5.84. The van der Waals surface area contributed by atoms with Crippen molar-refractivity contribution in [3.63, 3.8) is 0 Å². The maximum Gasteiger partial charge on any atom is 0.241 e. The van der Waals surface area contributed by atoms with Crippen LogP contribution in [-0.4, -0.2) is 33.2 Å². The minimum Gasteiger partial charge on any atom is -0.324 e. The van der Waals surface area contributed by atoms with E-state index in [1.807, 2.05) is 0 Å². The Morgan fingerprint density at radius 2 is 2.05 bits per heavy atom. The van der Waals surface area contributed by atoms with E-state index in [1.165, 1.54) is 6.07 Å². The van der Waals surface area contributed by atoms with E-state index in [1.54, 1.807) is 18.2 Å². The monoisotopic (exact) mass is 282 g/mol. The summed E-state index contributed by atoms with van der Waals surface area (Å²) in [7, 11) is -3.34. The van der Waals surface area contributed by atoms with Gasteiger partial charge >= 0.3 is 0 Å². The third kappa shape index (κ3) is 3.54. The Morgan fingerprint density at radius 3 is 2.68 bits per heavy atom. The van der Waals surface area contributed by atoms with Crippen molar-refractivity contribution in [1.82, 2.24) is 5.32 Å². The standard InChI is InChI=1S/C13H18N2O3S/c1-19(17,18)12-8-3-2-6-10(12)15-13(16)11-7-4-5-9-14-11/h2-3,6,8,11,14H,4-5,7,9H2,1H3,(H,15,16). The Kier molecular flexibility index (Phi) is 4.21. The number of piperidine rings is 1. The van der Waals surface area contributed by atoms with Crippen molar-refractivity contribution in [3.05, 3.63) is 24.3 Å². The smallest absolute Gasteiger partial charge is 0.241 e. The van der Waals surface area contributed by atoms with Gasteiger partial charge in [0.2, 0.25) is 5.91 Å². The number of carbonyl (C=O) groups excluding carboxylic acids is 1. The number of hydrogen-bond acceptors (Lipinski definition) is 4. The lowest BCUT2D eigenvalue weighted by molar-refractivity contribution is -0.118. The van der Waals surface area contributed by atoms with Crippen molar-refractivity contribution < 1.29 is 13.2 Å². The Labute approximate surface area is 113 Å². The lowest BCUT2D eigenvalue weighted by atomic mass is 10.0. The van der Waals surface area contributed by atoms with Crippen LogP contribution in [0.15, 0.2) is 29.2 Å². The fourth-order valence-corrected chi connectivity index (χ4v) is 3.03. The average Bonchev–Trinajstić information content (AvgIpc) is 2.39. The molecule has 0 radical (unpaired) electrons. The molecule has 1 aliphatic heterocycles. The molecule has 19 heavy (non-hydrogen) atoms. The summed E-state index contributed by atoms with van der Waals surface area (Å²) in [6, 6.07) is 6.22. The van der Waals surface area contributed by atoms with Gasteiger partial charge in [0.15, 0.2) is 9.84 Å². The SMILES string of the molecule is CS(=O)(=O)c1ccccc1NC(=O)C1CCCCN1. The molecule has 1 aromatic rings. The summed E-state index contributed by atoms with van der Waals surface area (Å²) >= 11 is 0. The quantitative estimate of drug-likeness (QED) is 0.872. The number of anilines is 1. The number of nitrogens with one attached hydrogen (secondary N) is 2. The first-order valence-electron chi connectivity index (χ1n) is 6.32. The van der Waals surface area contributed by atoms with Gasteiger partial charge in [0.05, 0.1) is 16.6 Å². The largest absolute Gasteiger partial charge is 0.324 e. The van der Waals surface area contributed by atoms with Gasteiger partial charge in [-0.3, -0.25) is 4.79 Å². The van der Waals surface area contributed by atoms with Crippen LogP contribution < -0.4 is 10.6 Å². The molecule has 1 unspecified atom stereocenters. The van der Waals surface area contributed by atoms with E-state index in [4.69, 9.17) is 0 Å². The van der Waals surface area contributed by atoms with Gasteiger partial charge in [-0.05, 0) is 31.5 Å². The Bertz CT molecular complexity index is 563. The Hall–Kier alpha value is -1.40. The number of carbonyl (C=O) groups is 1. The molecule has 1 atom stereocenters.